The molecule has 0 saturated carbocycles. The van der Waals surface area contributed by atoms with E-state index in [0.717, 1.165) is 6.21 Å². The summed E-state index contributed by atoms with van der Waals surface area (Å²) in [5, 5.41) is 10.5. The summed E-state index contributed by atoms with van der Waals surface area (Å²) in [6.45, 7) is 0.310. The van der Waals surface area contributed by atoms with Gasteiger partial charge in [0.15, 0.2) is 0 Å². The van der Waals surface area contributed by atoms with E-state index in [4.69, 9.17) is 5.41 Å². The Morgan fingerprint density at radius 1 is 1.92 bits per heavy atom. The number of hydrogen-bond donors (Lipinski definition) is 1. The van der Waals surface area contributed by atoms with Gasteiger partial charge in [-0.1, -0.05) is 0 Å². The lowest BCUT2D eigenvalue weighted by molar-refractivity contribution is 0.0586. The quantitative estimate of drug-likeness (QED) is 0.497. The van der Waals surface area contributed by atoms with Gasteiger partial charge in [0.1, 0.15) is 6.33 Å². The zero-order chi connectivity index (χ0) is 8.97. The Kier molecular flexibility index (Phi) is 2.52. The summed E-state index contributed by atoms with van der Waals surface area (Å²) in [7, 11) is 1.26. The average molecular weight is 168 g/mol. The number of ether oxygens (including phenoxy) is 1. The van der Waals surface area contributed by atoms with E-state index in [9.17, 15) is 4.79 Å². The fourth-order valence-electron chi connectivity index (χ4n) is 0.661. The van der Waals surface area contributed by atoms with E-state index in [1.54, 1.807) is 0 Å². The molecule has 0 aliphatic heterocycles. The molecule has 0 aliphatic carbocycles. The van der Waals surface area contributed by atoms with Crippen molar-refractivity contribution in [3.8, 4) is 0 Å². The molecule has 0 amide bonds. The van der Waals surface area contributed by atoms with Crippen molar-refractivity contribution in [1.29, 1.82) is 5.41 Å². The molecule has 1 rings (SSSR count). The van der Waals surface area contributed by atoms with Gasteiger partial charge in [0.25, 0.3) is 5.82 Å². The Labute approximate surface area is 68.7 Å². The van der Waals surface area contributed by atoms with Crippen molar-refractivity contribution in [2.24, 2.45) is 0 Å². The predicted octanol–water partition coefficient (Wildman–Crippen LogP) is -0.286. The summed E-state index contributed by atoms with van der Waals surface area (Å²) in [6.07, 6.45) is 2.53. The lowest BCUT2D eigenvalue weighted by atomic mass is 10.6. The number of carbonyl (C=O) groups excluding carboxylic acids is 1. The van der Waals surface area contributed by atoms with Gasteiger partial charge in [0.05, 0.1) is 13.7 Å². The van der Waals surface area contributed by atoms with Crippen LogP contribution in [0.25, 0.3) is 0 Å². The van der Waals surface area contributed by atoms with Gasteiger partial charge in [-0.05, 0) is 0 Å². The van der Waals surface area contributed by atoms with Crippen LogP contribution in [0.1, 0.15) is 10.6 Å². The minimum Gasteiger partial charge on any atom is -0.463 e. The molecule has 0 saturated heterocycles. The number of aromatic nitrogens is 3. The normalized spacial score (nSPS) is 9.42. The first-order valence-corrected chi connectivity index (χ1v) is 3.24. The number of carbonyl (C=O) groups is 1. The predicted molar refractivity (Wildman–Crippen MR) is 40.1 cm³/mol. The van der Waals surface area contributed by atoms with Crippen LogP contribution in [0, 0.1) is 5.41 Å². The molecule has 0 bridgehead atoms. The fourth-order valence-corrected chi connectivity index (χ4v) is 0.661. The van der Waals surface area contributed by atoms with E-state index in [-0.39, 0.29) is 5.82 Å². The topological polar surface area (TPSA) is 80.9 Å². The van der Waals surface area contributed by atoms with Gasteiger partial charge in [-0.25, -0.2) is 14.5 Å². The van der Waals surface area contributed by atoms with E-state index in [2.05, 4.69) is 14.8 Å². The van der Waals surface area contributed by atoms with Crippen molar-refractivity contribution in [2.75, 3.05) is 7.11 Å². The second-order valence-corrected chi connectivity index (χ2v) is 1.99. The molecule has 1 N–H and O–H groups in total. The lowest BCUT2D eigenvalue weighted by Crippen LogP contribution is -2.06. The Hall–Kier alpha value is -1.72. The number of nitrogens with zero attached hydrogens (tertiary/aromatic N) is 3. The van der Waals surface area contributed by atoms with Gasteiger partial charge in [-0.3, -0.25) is 0 Å². The van der Waals surface area contributed by atoms with Crippen LogP contribution in [-0.2, 0) is 11.3 Å². The molecule has 1 heterocycles. The highest BCUT2D eigenvalue weighted by Gasteiger charge is 2.09. The van der Waals surface area contributed by atoms with E-state index in [1.807, 2.05) is 0 Å². The van der Waals surface area contributed by atoms with Gasteiger partial charge in [-0.15, -0.1) is 5.10 Å². The number of rotatable bonds is 3. The summed E-state index contributed by atoms with van der Waals surface area (Å²) in [5.74, 6) is -0.557. The van der Waals surface area contributed by atoms with Crippen LogP contribution in [0.4, 0.5) is 0 Å². The van der Waals surface area contributed by atoms with Crippen molar-refractivity contribution in [2.45, 2.75) is 6.54 Å². The SMILES string of the molecule is COC(=O)c1ncn(CC=N)n1. The van der Waals surface area contributed by atoms with Crippen molar-refractivity contribution >= 4 is 12.2 Å². The molecule has 1 aromatic heterocycles. The van der Waals surface area contributed by atoms with E-state index in [1.165, 1.54) is 18.1 Å². The number of esters is 1. The molecule has 0 aromatic carbocycles. The molecule has 0 radical (unpaired) electrons. The molecular weight excluding hydrogens is 160 g/mol. The van der Waals surface area contributed by atoms with Crippen LogP contribution in [0.3, 0.4) is 0 Å². The molecule has 6 nitrogen and oxygen atoms in total. The lowest BCUT2D eigenvalue weighted by Gasteiger charge is -1.91. The van der Waals surface area contributed by atoms with Crippen molar-refractivity contribution in [3.63, 3.8) is 0 Å². The first-order chi connectivity index (χ1) is 5.77. The minimum absolute atomic E-state index is 0.0133. The molecule has 0 unspecified atom stereocenters. The summed E-state index contributed by atoms with van der Waals surface area (Å²) in [5.41, 5.74) is 0. The molecule has 0 fully saturated rings. The van der Waals surface area contributed by atoms with Gasteiger partial charge in [0, 0.05) is 6.21 Å². The second kappa shape index (κ2) is 3.61. The number of hydrogen-bond acceptors (Lipinski definition) is 5. The van der Waals surface area contributed by atoms with Crippen LogP contribution in [0.2, 0.25) is 0 Å². The third-order valence-corrected chi connectivity index (χ3v) is 1.18. The van der Waals surface area contributed by atoms with Gasteiger partial charge in [0.2, 0.25) is 0 Å². The maximum atomic E-state index is 10.8. The molecule has 1 aromatic rings. The van der Waals surface area contributed by atoms with Crippen LogP contribution >= 0.6 is 0 Å². The monoisotopic (exact) mass is 168 g/mol. The Balaban J connectivity index is 2.76. The van der Waals surface area contributed by atoms with E-state index < -0.39 is 5.97 Å². The van der Waals surface area contributed by atoms with Crippen LogP contribution in [-0.4, -0.2) is 34.1 Å². The molecule has 64 valence electrons. The molecule has 0 aliphatic rings. The Morgan fingerprint density at radius 2 is 2.67 bits per heavy atom. The molecule has 12 heavy (non-hydrogen) atoms. The maximum Gasteiger partial charge on any atom is 0.377 e. The standard InChI is InChI=1S/C6H8N4O2/c1-12-6(11)5-8-4-10(9-5)3-2-7/h2,4,7H,3H2,1H3. The Morgan fingerprint density at radius 3 is 3.25 bits per heavy atom. The van der Waals surface area contributed by atoms with Crippen LogP contribution < -0.4 is 0 Å². The molecule has 6 heteroatoms. The molecule has 0 atom stereocenters. The third kappa shape index (κ3) is 1.66. The van der Waals surface area contributed by atoms with Gasteiger partial charge >= 0.3 is 5.97 Å². The smallest absolute Gasteiger partial charge is 0.377 e. The largest absolute Gasteiger partial charge is 0.463 e. The summed E-state index contributed by atoms with van der Waals surface area (Å²) < 4.78 is 5.77. The first-order valence-electron chi connectivity index (χ1n) is 3.24. The Bertz CT molecular complexity index is 293. The van der Waals surface area contributed by atoms with Crippen molar-refractivity contribution in [3.05, 3.63) is 12.2 Å². The van der Waals surface area contributed by atoms with Crippen molar-refractivity contribution < 1.29 is 9.53 Å². The second-order valence-electron chi connectivity index (χ2n) is 1.99. The number of nitrogens with one attached hydrogen (secondary N) is 1. The van der Waals surface area contributed by atoms with Crippen LogP contribution in [0.15, 0.2) is 6.33 Å². The van der Waals surface area contributed by atoms with Gasteiger partial charge in [-0.2, -0.15) is 0 Å². The summed E-state index contributed by atoms with van der Waals surface area (Å²) in [6, 6.07) is 0. The molecular formula is C6H8N4O2. The minimum atomic E-state index is -0.571. The number of methoxy groups -OCH3 is 1. The van der Waals surface area contributed by atoms with Crippen molar-refractivity contribution in [1.82, 2.24) is 14.8 Å². The summed E-state index contributed by atoms with van der Waals surface area (Å²) >= 11 is 0. The first kappa shape index (κ1) is 8.38. The maximum absolute atomic E-state index is 10.8. The fraction of sp³-hybridized carbons (Fsp3) is 0.333. The third-order valence-electron chi connectivity index (χ3n) is 1.18. The highest BCUT2D eigenvalue weighted by Crippen LogP contribution is 1.91. The zero-order valence-corrected chi connectivity index (χ0v) is 6.52. The zero-order valence-electron chi connectivity index (χ0n) is 6.52. The molecule has 0 spiro atoms. The van der Waals surface area contributed by atoms with Crippen LogP contribution in [0.5, 0.6) is 0 Å². The summed E-state index contributed by atoms with van der Waals surface area (Å²) in [4.78, 5) is 14.5. The van der Waals surface area contributed by atoms with E-state index >= 15 is 0 Å². The van der Waals surface area contributed by atoms with Gasteiger partial charge < -0.3 is 10.1 Å². The van der Waals surface area contributed by atoms with E-state index in [0.29, 0.717) is 6.54 Å². The highest BCUT2D eigenvalue weighted by molar-refractivity contribution is 5.84. The average Bonchev–Trinajstić information content (AvgIpc) is 2.52. The highest BCUT2D eigenvalue weighted by atomic mass is 16.5.